The first-order valence-electron chi connectivity index (χ1n) is 6.08. The van der Waals surface area contributed by atoms with Crippen molar-refractivity contribution < 1.29 is 9.53 Å². The molecule has 0 fully saturated rings. The first-order chi connectivity index (χ1) is 9.15. The molecule has 0 aliphatic heterocycles. The number of esters is 1. The summed E-state index contributed by atoms with van der Waals surface area (Å²) in [5, 5.41) is 0. The fraction of sp³-hybridized carbons (Fsp3) is 0.200. The first kappa shape index (κ1) is 13.1. The van der Waals surface area contributed by atoms with Crippen LogP contribution in [-0.2, 0) is 11.2 Å². The Balaban J connectivity index is 1.91. The van der Waals surface area contributed by atoms with Gasteiger partial charge in [-0.2, -0.15) is 0 Å². The van der Waals surface area contributed by atoms with Crippen molar-refractivity contribution in [2.75, 3.05) is 12.3 Å². The molecule has 4 nitrogen and oxygen atoms in total. The highest BCUT2D eigenvalue weighted by atomic mass is 16.5. The van der Waals surface area contributed by atoms with E-state index >= 15 is 0 Å². The summed E-state index contributed by atoms with van der Waals surface area (Å²) in [5.41, 5.74) is 8.74. The van der Waals surface area contributed by atoms with Crippen LogP contribution >= 0.6 is 0 Å². The molecule has 1 aromatic heterocycles. The third-order valence-corrected chi connectivity index (χ3v) is 2.68. The van der Waals surface area contributed by atoms with Crippen molar-refractivity contribution >= 4 is 11.7 Å². The van der Waals surface area contributed by atoms with Gasteiger partial charge in [-0.1, -0.05) is 6.07 Å². The lowest BCUT2D eigenvalue weighted by molar-refractivity contribution is 0.0509. The fourth-order valence-electron chi connectivity index (χ4n) is 1.82. The Labute approximate surface area is 112 Å². The number of carbonyl (C=O) groups is 1. The number of carbonyl (C=O) groups excluding carboxylic acids is 1. The minimum atomic E-state index is -0.348. The molecule has 0 aliphatic carbocycles. The first-order valence-corrected chi connectivity index (χ1v) is 6.08. The van der Waals surface area contributed by atoms with Gasteiger partial charge in [0.1, 0.15) is 0 Å². The summed E-state index contributed by atoms with van der Waals surface area (Å²) in [6, 6.07) is 9.01. The zero-order chi connectivity index (χ0) is 13.7. The summed E-state index contributed by atoms with van der Waals surface area (Å²) in [7, 11) is 0. The van der Waals surface area contributed by atoms with Gasteiger partial charge in [0, 0.05) is 24.5 Å². The van der Waals surface area contributed by atoms with E-state index in [1.165, 1.54) is 0 Å². The number of aryl methyl sites for hydroxylation is 1. The van der Waals surface area contributed by atoms with E-state index < -0.39 is 0 Å². The molecule has 19 heavy (non-hydrogen) atoms. The zero-order valence-electron chi connectivity index (χ0n) is 10.8. The number of ether oxygens (including phenoxy) is 1. The Kier molecular flexibility index (Phi) is 4.13. The van der Waals surface area contributed by atoms with Crippen molar-refractivity contribution in [1.82, 2.24) is 4.98 Å². The van der Waals surface area contributed by atoms with Crippen LogP contribution in [0.4, 0.5) is 5.69 Å². The monoisotopic (exact) mass is 256 g/mol. The van der Waals surface area contributed by atoms with E-state index in [9.17, 15) is 4.79 Å². The van der Waals surface area contributed by atoms with E-state index in [-0.39, 0.29) is 5.97 Å². The zero-order valence-corrected chi connectivity index (χ0v) is 10.8. The Hall–Kier alpha value is -2.36. The van der Waals surface area contributed by atoms with Crippen LogP contribution < -0.4 is 5.73 Å². The molecule has 98 valence electrons. The van der Waals surface area contributed by atoms with Gasteiger partial charge >= 0.3 is 5.97 Å². The lowest BCUT2D eigenvalue weighted by Gasteiger charge is -2.06. The van der Waals surface area contributed by atoms with Gasteiger partial charge in [-0.05, 0) is 42.3 Å². The van der Waals surface area contributed by atoms with Gasteiger partial charge in [-0.25, -0.2) is 4.79 Å². The van der Waals surface area contributed by atoms with Crippen LogP contribution in [0.2, 0.25) is 0 Å². The molecule has 0 saturated heterocycles. The van der Waals surface area contributed by atoms with Crippen LogP contribution in [0.15, 0.2) is 42.7 Å². The Morgan fingerprint density at radius 3 is 2.89 bits per heavy atom. The van der Waals surface area contributed by atoms with Crippen LogP contribution in [0, 0.1) is 6.92 Å². The van der Waals surface area contributed by atoms with E-state index in [0.717, 1.165) is 11.1 Å². The largest absolute Gasteiger partial charge is 0.462 e. The summed E-state index contributed by atoms with van der Waals surface area (Å²) >= 11 is 0. The maximum absolute atomic E-state index is 11.8. The number of aromatic nitrogens is 1. The normalized spacial score (nSPS) is 10.2. The second-order valence-electron chi connectivity index (χ2n) is 4.38. The van der Waals surface area contributed by atoms with Gasteiger partial charge in [0.05, 0.1) is 12.2 Å². The molecule has 2 rings (SSSR count). The highest BCUT2D eigenvalue weighted by molar-refractivity contribution is 5.90. The molecule has 2 N–H and O–H groups in total. The molecule has 0 spiro atoms. The summed E-state index contributed by atoms with van der Waals surface area (Å²) in [4.78, 5) is 15.9. The number of hydrogen-bond acceptors (Lipinski definition) is 4. The van der Waals surface area contributed by atoms with Gasteiger partial charge in [-0.3, -0.25) is 4.98 Å². The molecular weight excluding hydrogens is 240 g/mol. The molecule has 4 heteroatoms. The second kappa shape index (κ2) is 6.00. The number of nitrogens with two attached hydrogens (primary N) is 1. The van der Waals surface area contributed by atoms with Crippen LogP contribution in [0.1, 0.15) is 21.5 Å². The minimum absolute atomic E-state index is 0.332. The van der Waals surface area contributed by atoms with Crippen LogP contribution in [0.5, 0.6) is 0 Å². The van der Waals surface area contributed by atoms with E-state index in [1.54, 1.807) is 24.5 Å². The van der Waals surface area contributed by atoms with E-state index in [4.69, 9.17) is 10.5 Å². The van der Waals surface area contributed by atoms with Gasteiger partial charge in [0.2, 0.25) is 0 Å². The SMILES string of the molecule is Cc1cc(N)cc(C(=O)OCCc2cccnc2)c1. The molecule has 2 aromatic rings. The van der Waals surface area contributed by atoms with E-state index in [2.05, 4.69) is 4.98 Å². The number of anilines is 1. The topological polar surface area (TPSA) is 65.2 Å². The van der Waals surface area contributed by atoms with Gasteiger partial charge in [-0.15, -0.1) is 0 Å². The lowest BCUT2D eigenvalue weighted by Crippen LogP contribution is -2.09. The van der Waals surface area contributed by atoms with Crippen LogP contribution in [0.3, 0.4) is 0 Å². The third kappa shape index (κ3) is 3.81. The summed E-state index contributed by atoms with van der Waals surface area (Å²) < 4.78 is 5.22. The molecular formula is C15H16N2O2. The van der Waals surface area contributed by atoms with Crippen LogP contribution in [0.25, 0.3) is 0 Å². The molecule has 0 saturated carbocycles. The Morgan fingerprint density at radius 2 is 2.21 bits per heavy atom. The standard InChI is InChI=1S/C15H16N2O2/c1-11-7-13(9-14(16)8-11)15(18)19-6-4-12-3-2-5-17-10-12/h2-3,5,7-10H,4,6,16H2,1H3. The molecule has 1 heterocycles. The van der Waals surface area contributed by atoms with Gasteiger partial charge in [0.15, 0.2) is 0 Å². The lowest BCUT2D eigenvalue weighted by atomic mass is 10.1. The predicted molar refractivity (Wildman–Crippen MR) is 73.8 cm³/mol. The Morgan fingerprint density at radius 1 is 1.37 bits per heavy atom. The average Bonchev–Trinajstić information content (AvgIpc) is 2.38. The Bertz CT molecular complexity index is 547. The van der Waals surface area contributed by atoms with E-state index in [0.29, 0.717) is 24.3 Å². The molecule has 0 bridgehead atoms. The maximum atomic E-state index is 11.8. The number of pyridine rings is 1. The summed E-state index contributed by atoms with van der Waals surface area (Å²) in [6.45, 7) is 2.22. The van der Waals surface area contributed by atoms with E-state index in [1.807, 2.05) is 25.1 Å². The number of benzene rings is 1. The number of nitrogens with zero attached hydrogens (tertiary/aromatic N) is 1. The molecule has 1 aromatic carbocycles. The minimum Gasteiger partial charge on any atom is -0.462 e. The number of hydrogen-bond donors (Lipinski definition) is 1. The van der Waals surface area contributed by atoms with Crippen LogP contribution in [-0.4, -0.2) is 17.6 Å². The molecule has 0 unspecified atom stereocenters. The number of rotatable bonds is 4. The summed E-state index contributed by atoms with van der Waals surface area (Å²) in [6.07, 6.45) is 4.13. The van der Waals surface area contributed by atoms with Crippen molar-refractivity contribution in [3.63, 3.8) is 0 Å². The van der Waals surface area contributed by atoms with Crippen molar-refractivity contribution in [2.45, 2.75) is 13.3 Å². The molecule has 0 atom stereocenters. The highest BCUT2D eigenvalue weighted by Gasteiger charge is 2.08. The number of nitrogen functional groups attached to an aromatic ring is 1. The predicted octanol–water partition coefficient (Wildman–Crippen LogP) is 2.37. The fourth-order valence-corrected chi connectivity index (χ4v) is 1.82. The van der Waals surface area contributed by atoms with Crippen molar-refractivity contribution in [2.24, 2.45) is 0 Å². The molecule has 0 radical (unpaired) electrons. The maximum Gasteiger partial charge on any atom is 0.338 e. The van der Waals surface area contributed by atoms with Crippen molar-refractivity contribution in [3.8, 4) is 0 Å². The smallest absolute Gasteiger partial charge is 0.338 e. The van der Waals surface area contributed by atoms with Gasteiger partial charge < -0.3 is 10.5 Å². The highest BCUT2D eigenvalue weighted by Crippen LogP contribution is 2.12. The molecule has 0 amide bonds. The third-order valence-electron chi connectivity index (χ3n) is 2.68. The second-order valence-corrected chi connectivity index (χ2v) is 4.38. The quantitative estimate of drug-likeness (QED) is 0.673. The summed E-state index contributed by atoms with van der Waals surface area (Å²) in [5.74, 6) is -0.348. The average molecular weight is 256 g/mol. The molecule has 0 aliphatic rings. The van der Waals surface area contributed by atoms with Crippen molar-refractivity contribution in [1.29, 1.82) is 0 Å². The van der Waals surface area contributed by atoms with Gasteiger partial charge in [0.25, 0.3) is 0 Å². The van der Waals surface area contributed by atoms with Crippen molar-refractivity contribution in [3.05, 3.63) is 59.4 Å².